The molecule has 0 atom stereocenters. The minimum absolute atomic E-state index is 0.210. The van der Waals surface area contributed by atoms with Gasteiger partial charge in [0.1, 0.15) is 0 Å². The number of halogens is 1. The van der Waals surface area contributed by atoms with Gasteiger partial charge in [0.25, 0.3) is 0 Å². The molecule has 0 bridgehead atoms. The number of aromatic amines is 1. The van der Waals surface area contributed by atoms with E-state index in [0.717, 1.165) is 33.8 Å². The SMILES string of the molecule is O=C(c1c[nH]c2cccc(Br)c12)C1CCCCCCC1. The molecule has 2 aromatic rings. The maximum Gasteiger partial charge on any atom is 0.168 e. The van der Waals surface area contributed by atoms with E-state index in [-0.39, 0.29) is 5.92 Å². The van der Waals surface area contributed by atoms with Crippen molar-refractivity contribution in [3.63, 3.8) is 0 Å². The van der Waals surface area contributed by atoms with E-state index in [1.54, 1.807) is 0 Å². The molecule has 1 heterocycles. The van der Waals surface area contributed by atoms with Crippen molar-refractivity contribution in [3.8, 4) is 0 Å². The highest BCUT2D eigenvalue weighted by molar-refractivity contribution is 9.10. The average Bonchev–Trinajstić information content (AvgIpc) is 2.83. The van der Waals surface area contributed by atoms with Crippen LogP contribution in [0.3, 0.4) is 0 Å². The largest absolute Gasteiger partial charge is 0.360 e. The number of hydrogen-bond acceptors (Lipinski definition) is 1. The van der Waals surface area contributed by atoms with E-state index >= 15 is 0 Å². The lowest BCUT2D eigenvalue weighted by molar-refractivity contribution is 0.0900. The lowest BCUT2D eigenvalue weighted by atomic mass is 9.85. The van der Waals surface area contributed by atoms with Gasteiger partial charge in [-0.1, -0.05) is 54.1 Å². The van der Waals surface area contributed by atoms with Crippen LogP contribution >= 0.6 is 15.9 Å². The molecular weight excluding hydrogens is 314 g/mol. The number of H-pyrrole nitrogens is 1. The molecule has 0 saturated heterocycles. The lowest BCUT2D eigenvalue weighted by Crippen LogP contribution is -2.16. The Morgan fingerprint density at radius 2 is 1.80 bits per heavy atom. The molecule has 0 aliphatic heterocycles. The Morgan fingerprint density at radius 1 is 1.10 bits per heavy atom. The monoisotopic (exact) mass is 333 g/mol. The topological polar surface area (TPSA) is 32.9 Å². The van der Waals surface area contributed by atoms with Gasteiger partial charge in [0.15, 0.2) is 5.78 Å². The predicted octanol–water partition coefficient (Wildman–Crippen LogP) is 5.47. The summed E-state index contributed by atoms with van der Waals surface area (Å²) in [7, 11) is 0. The molecule has 20 heavy (non-hydrogen) atoms. The Balaban J connectivity index is 1.91. The minimum Gasteiger partial charge on any atom is -0.360 e. The maximum atomic E-state index is 12.9. The van der Waals surface area contributed by atoms with Crippen LogP contribution in [0.4, 0.5) is 0 Å². The summed E-state index contributed by atoms with van der Waals surface area (Å²) in [6, 6.07) is 6.02. The van der Waals surface area contributed by atoms with Crippen LogP contribution in [-0.4, -0.2) is 10.8 Å². The van der Waals surface area contributed by atoms with Gasteiger partial charge < -0.3 is 4.98 Å². The zero-order valence-electron chi connectivity index (χ0n) is 11.6. The number of benzene rings is 1. The van der Waals surface area contributed by atoms with Crippen LogP contribution in [0.5, 0.6) is 0 Å². The molecule has 1 aromatic heterocycles. The van der Waals surface area contributed by atoms with Crippen LogP contribution in [-0.2, 0) is 0 Å². The highest BCUT2D eigenvalue weighted by atomic mass is 79.9. The van der Waals surface area contributed by atoms with Crippen molar-refractivity contribution < 1.29 is 4.79 Å². The summed E-state index contributed by atoms with van der Waals surface area (Å²) >= 11 is 3.57. The molecule has 2 nitrogen and oxygen atoms in total. The molecule has 3 heteroatoms. The normalized spacial score (nSPS) is 17.9. The molecule has 0 radical (unpaired) electrons. The fourth-order valence-corrected chi connectivity index (χ4v) is 3.85. The molecule has 1 N–H and O–H groups in total. The minimum atomic E-state index is 0.210. The average molecular weight is 334 g/mol. The third kappa shape index (κ3) is 2.69. The van der Waals surface area contributed by atoms with Crippen LogP contribution in [0.25, 0.3) is 10.9 Å². The molecule has 0 spiro atoms. The van der Waals surface area contributed by atoms with Crippen molar-refractivity contribution in [1.82, 2.24) is 4.98 Å². The highest BCUT2D eigenvalue weighted by Crippen LogP contribution is 2.31. The summed E-state index contributed by atoms with van der Waals surface area (Å²) < 4.78 is 1.01. The van der Waals surface area contributed by atoms with E-state index < -0.39 is 0 Å². The molecule has 0 unspecified atom stereocenters. The Labute approximate surface area is 128 Å². The van der Waals surface area contributed by atoms with Crippen molar-refractivity contribution in [3.05, 3.63) is 34.4 Å². The Hall–Kier alpha value is -1.09. The summed E-state index contributed by atoms with van der Waals surface area (Å²) in [5.41, 5.74) is 1.90. The van der Waals surface area contributed by atoms with Gasteiger partial charge in [0.2, 0.25) is 0 Å². The van der Waals surface area contributed by atoms with E-state index in [1.165, 1.54) is 32.1 Å². The van der Waals surface area contributed by atoms with Crippen LogP contribution in [0, 0.1) is 5.92 Å². The highest BCUT2D eigenvalue weighted by Gasteiger charge is 2.23. The van der Waals surface area contributed by atoms with Crippen LogP contribution in [0.15, 0.2) is 28.9 Å². The number of fused-ring (bicyclic) bond motifs is 1. The van der Waals surface area contributed by atoms with E-state index in [1.807, 2.05) is 24.4 Å². The van der Waals surface area contributed by atoms with Crippen LogP contribution < -0.4 is 0 Å². The zero-order chi connectivity index (χ0) is 13.9. The molecule has 1 saturated carbocycles. The van der Waals surface area contributed by atoms with Gasteiger partial charge in [-0.15, -0.1) is 0 Å². The van der Waals surface area contributed by atoms with Gasteiger partial charge in [0, 0.05) is 33.1 Å². The number of ketones is 1. The molecule has 3 rings (SSSR count). The number of carbonyl (C=O) groups excluding carboxylic acids is 1. The smallest absolute Gasteiger partial charge is 0.168 e. The van der Waals surface area contributed by atoms with Gasteiger partial charge >= 0.3 is 0 Å². The van der Waals surface area contributed by atoms with E-state index in [4.69, 9.17) is 0 Å². The standard InChI is InChI=1S/C17H20BrNO/c18-14-9-6-10-15-16(14)13(11-19-15)17(20)12-7-4-2-1-3-5-8-12/h6,9-12,19H,1-5,7-8H2. The van der Waals surface area contributed by atoms with Crippen molar-refractivity contribution in [2.45, 2.75) is 44.9 Å². The summed E-state index contributed by atoms with van der Waals surface area (Å²) in [5.74, 6) is 0.534. The van der Waals surface area contributed by atoms with Gasteiger partial charge in [-0.3, -0.25) is 4.79 Å². The third-order valence-electron chi connectivity index (χ3n) is 4.40. The number of rotatable bonds is 2. The number of carbonyl (C=O) groups is 1. The van der Waals surface area contributed by atoms with Gasteiger partial charge in [-0.05, 0) is 25.0 Å². The second-order valence-electron chi connectivity index (χ2n) is 5.77. The summed E-state index contributed by atoms with van der Waals surface area (Å²) in [6.07, 6.45) is 10.3. The van der Waals surface area contributed by atoms with Crippen LogP contribution in [0.1, 0.15) is 55.3 Å². The van der Waals surface area contributed by atoms with E-state index in [9.17, 15) is 4.79 Å². The van der Waals surface area contributed by atoms with Crippen molar-refractivity contribution >= 4 is 32.6 Å². The quantitative estimate of drug-likeness (QED) is 0.726. The molecule has 0 amide bonds. The third-order valence-corrected chi connectivity index (χ3v) is 5.06. The Kier molecular flexibility index (Phi) is 4.25. The molecular formula is C17H20BrNO. The Bertz CT molecular complexity index is 608. The molecule has 1 fully saturated rings. The summed E-state index contributed by atoms with van der Waals surface area (Å²) in [5, 5.41) is 1.04. The second-order valence-corrected chi connectivity index (χ2v) is 6.63. The van der Waals surface area contributed by atoms with Gasteiger partial charge in [-0.25, -0.2) is 0 Å². The molecule has 1 aromatic carbocycles. The number of Topliss-reactive ketones (excluding diaryl/α,β-unsaturated/α-hetero) is 1. The fraction of sp³-hybridized carbons (Fsp3) is 0.471. The van der Waals surface area contributed by atoms with Crippen LogP contribution in [0.2, 0.25) is 0 Å². The van der Waals surface area contributed by atoms with Crippen molar-refractivity contribution in [1.29, 1.82) is 0 Å². The molecule has 106 valence electrons. The number of hydrogen-bond donors (Lipinski definition) is 1. The van der Waals surface area contributed by atoms with E-state index in [0.29, 0.717) is 5.78 Å². The van der Waals surface area contributed by atoms with Gasteiger partial charge in [0.05, 0.1) is 0 Å². The van der Waals surface area contributed by atoms with E-state index in [2.05, 4.69) is 20.9 Å². The summed E-state index contributed by atoms with van der Waals surface area (Å²) in [4.78, 5) is 16.1. The zero-order valence-corrected chi connectivity index (χ0v) is 13.2. The number of nitrogens with one attached hydrogen (secondary N) is 1. The Morgan fingerprint density at radius 3 is 2.55 bits per heavy atom. The first-order valence-electron chi connectivity index (χ1n) is 7.57. The first kappa shape index (κ1) is 13.9. The molecule has 1 aliphatic carbocycles. The first-order valence-corrected chi connectivity index (χ1v) is 8.36. The first-order chi connectivity index (χ1) is 9.77. The lowest BCUT2D eigenvalue weighted by Gasteiger charge is -2.18. The number of aromatic nitrogens is 1. The summed E-state index contributed by atoms with van der Waals surface area (Å²) in [6.45, 7) is 0. The second kappa shape index (κ2) is 6.13. The maximum absolute atomic E-state index is 12.9. The predicted molar refractivity (Wildman–Crippen MR) is 86.1 cm³/mol. The van der Waals surface area contributed by atoms with Crippen molar-refractivity contribution in [2.24, 2.45) is 5.92 Å². The molecule has 1 aliphatic rings. The van der Waals surface area contributed by atoms with Crippen molar-refractivity contribution in [2.75, 3.05) is 0 Å². The fourth-order valence-electron chi connectivity index (χ4n) is 3.27. The van der Waals surface area contributed by atoms with Gasteiger partial charge in [-0.2, -0.15) is 0 Å².